The third-order valence-corrected chi connectivity index (χ3v) is 4.54. The normalized spacial score (nSPS) is 10.2. The summed E-state index contributed by atoms with van der Waals surface area (Å²) in [5.41, 5.74) is 3.26. The molecule has 0 saturated heterocycles. The van der Waals surface area contributed by atoms with Crippen LogP contribution in [0.4, 0.5) is 0 Å². The number of rotatable bonds is 9. The third-order valence-electron chi connectivity index (χ3n) is 4.18. The lowest BCUT2D eigenvalue weighted by molar-refractivity contribution is 0.266. The number of nitrogens with one attached hydrogen (secondary N) is 1. The Bertz CT molecular complexity index is 856. The lowest BCUT2D eigenvalue weighted by Gasteiger charge is -2.17. The average Bonchev–Trinajstić information content (AvgIpc) is 2.70. The van der Waals surface area contributed by atoms with Crippen molar-refractivity contribution in [3.8, 4) is 11.5 Å². The van der Waals surface area contributed by atoms with Crippen LogP contribution in [0.15, 0.2) is 72.8 Å². The SMILES string of the molecule is CCOc1cccc(CNCc2ccccc2Cl)c1OCc1ccccc1.Cl. The summed E-state index contributed by atoms with van der Waals surface area (Å²) in [5, 5.41) is 4.22. The molecule has 0 spiro atoms. The molecule has 0 radical (unpaired) electrons. The minimum absolute atomic E-state index is 0. The fraction of sp³-hybridized carbons (Fsp3) is 0.217. The molecule has 0 bridgehead atoms. The molecule has 28 heavy (non-hydrogen) atoms. The minimum Gasteiger partial charge on any atom is -0.490 e. The van der Waals surface area contributed by atoms with Crippen molar-refractivity contribution < 1.29 is 9.47 Å². The first-order valence-corrected chi connectivity index (χ1v) is 9.51. The summed E-state index contributed by atoms with van der Waals surface area (Å²) in [6.45, 7) is 4.43. The van der Waals surface area contributed by atoms with E-state index < -0.39 is 0 Å². The molecule has 0 aliphatic carbocycles. The quantitative estimate of drug-likeness (QED) is 0.460. The van der Waals surface area contributed by atoms with Crippen LogP contribution < -0.4 is 14.8 Å². The van der Waals surface area contributed by atoms with E-state index in [1.165, 1.54) is 0 Å². The second-order valence-electron chi connectivity index (χ2n) is 6.15. The van der Waals surface area contributed by atoms with Crippen molar-refractivity contribution >= 4 is 24.0 Å². The van der Waals surface area contributed by atoms with E-state index in [0.29, 0.717) is 26.3 Å². The van der Waals surface area contributed by atoms with Gasteiger partial charge in [-0.1, -0.05) is 72.3 Å². The van der Waals surface area contributed by atoms with Crippen molar-refractivity contribution in [2.75, 3.05) is 6.61 Å². The Kier molecular flexibility index (Phi) is 9.15. The van der Waals surface area contributed by atoms with Gasteiger partial charge in [-0.05, 0) is 30.2 Å². The largest absolute Gasteiger partial charge is 0.490 e. The Hall–Kier alpha value is -2.20. The first kappa shape index (κ1) is 22.1. The van der Waals surface area contributed by atoms with E-state index in [1.54, 1.807) is 0 Å². The number of halogens is 2. The van der Waals surface area contributed by atoms with E-state index in [1.807, 2.05) is 61.5 Å². The molecule has 0 saturated carbocycles. The third kappa shape index (κ3) is 6.16. The fourth-order valence-corrected chi connectivity index (χ4v) is 3.04. The van der Waals surface area contributed by atoms with Gasteiger partial charge in [0.1, 0.15) is 6.61 Å². The predicted octanol–water partition coefficient (Wildman–Crippen LogP) is 6.03. The monoisotopic (exact) mass is 417 g/mol. The van der Waals surface area contributed by atoms with E-state index in [2.05, 4.69) is 23.5 Å². The molecule has 0 atom stereocenters. The summed E-state index contributed by atoms with van der Waals surface area (Å²) < 4.78 is 11.9. The van der Waals surface area contributed by atoms with E-state index in [9.17, 15) is 0 Å². The first-order chi connectivity index (χ1) is 13.3. The molecule has 0 fully saturated rings. The number of ether oxygens (including phenoxy) is 2. The molecule has 0 amide bonds. The van der Waals surface area contributed by atoms with Crippen molar-refractivity contribution in [2.45, 2.75) is 26.6 Å². The highest BCUT2D eigenvalue weighted by Gasteiger charge is 2.11. The number of hydrogen-bond acceptors (Lipinski definition) is 3. The zero-order valence-electron chi connectivity index (χ0n) is 15.9. The molecule has 0 aliphatic heterocycles. The van der Waals surface area contributed by atoms with Crippen molar-refractivity contribution in [1.82, 2.24) is 5.32 Å². The summed E-state index contributed by atoms with van der Waals surface area (Å²) in [5.74, 6) is 1.56. The maximum absolute atomic E-state index is 6.24. The molecular formula is C23H25Cl2NO2. The minimum atomic E-state index is 0. The molecule has 0 aliphatic rings. The van der Waals surface area contributed by atoms with Crippen LogP contribution in [0.3, 0.4) is 0 Å². The maximum Gasteiger partial charge on any atom is 0.166 e. The second-order valence-corrected chi connectivity index (χ2v) is 6.55. The lowest BCUT2D eigenvalue weighted by Crippen LogP contribution is -2.14. The van der Waals surface area contributed by atoms with Gasteiger partial charge in [-0.15, -0.1) is 12.4 Å². The van der Waals surface area contributed by atoms with Crippen LogP contribution in [0.25, 0.3) is 0 Å². The summed E-state index contributed by atoms with van der Waals surface area (Å²) in [7, 11) is 0. The summed E-state index contributed by atoms with van der Waals surface area (Å²) >= 11 is 6.24. The average molecular weight is 418 g/mol. The van der Waals surface area contributed by atoms with Crippen LogP contribution in [-0.4, -0.2) is 6.61 Å². The van der Waals surface area contributed by atoms with Gasteiger partial charge < -0.3 is 14.8 Å². The lowest BCUT2D eigenvalue weighted by atomic mass is 10.1. The summed E-state index contributed by atoms with van der Waals surface area (Å²) in [6, 6.07) is 24.0. The topological polar surface area (TPSA) is 30.5 Å². The Morgan fingerprint density at radius 1 is 0.786 bits per heavy atom. The van der Waals surface area contributed by atoms with Crippen molar-refractivity contribution in [1.29, 1.82) is 0 Å². The van der Waals surface area contributed by atoms with Gasteiger partial charge in [0, 0.05) is 23.7 Å². The predicted molar refractivity (Wildman–Crippen MR) is 118 cm³/mol. The van der Waals surface area contributed by atoms with Crippen LogP contribution in [0, 0.1) is 0 Å². The number of hydrogen-bond donors (Lipinski definition) is 1. The molecule has 3 aromatic rings. The van der Waals surface area contributed by atoms with Crippen molar-refractivity contribution in [3.63, 3.8) is 0 Å². The van der Waals surface area contributed by atoms with E-state index in [4.69, 9.17) is 21.1 Å². The van der Waals surface area contributed by atoms with Gasteiger partial charge in [0.15, 0.2) is 11.5 Å². The van der Waals surface area contributed by atoms with Crippen LogP contribution in [0.1, 0.15) is 23.6 Å². The Balaban J connectivity index is 0.00000280. The smallest absolute Gasteiger partial charge is 0.166 e. The number of para-hydroxylation sites is 1. The second kappa shape index (κ2) is 11.6. The first-order valence-electron chi connectivity index (χ1n) is 9.13. The summed E-state index contributed by atoms with van der Waals surface area (Å²) in [4.78, 5) is 0. The van der Waals surface area contributed by atoms with E-state index in [-0.39, 0.29) is 12.4 Å². The van der Waals surface area contributed by atoms with Crippen LogP contribution in [0.2, 0.25) is 5.02 Å². The van der Waals surface area contributed by atoms with Gasteiger partial charge in [-0.3, -0.25) is 0 Å². The fourth-order valence-electron chi connectivity index (χ4n) is 2.84. The Morgan fingerprint density at radius 2 is 1.46 bits per heavy atom. The van der Waals surface area contributed by atoms with Gasteiger partial charge in [-0.2, -0.15) is 0 Å². The zero-order chi connectivity index (χ0) is 18.9. The molecule has 148 valence electrons. The van der Waals surface area contributed by atoms with Gasteiger partial charge in [0.05, 0.1) is 6.61 Å². The van der Waals surface area contributed by atoms with Crippen molar-refractivity contribution in [2.24, 2.45) is 0 Å². The Labute approximate surface area is 178 Å². The van der Waals surface area contributed by atoms with Crippen LogP contribution in [-0.2, 0) is 19.7 Å². The van der Waals surface area contributed by atoms with Crippen molar-refractivity contribution in [3.05, 3.63) is 94.5 Å². The molecule has 0 aromatic heterocycles. The molecule has 3 nitrogen and oxygen atoms in total. The standard InChI is InChI=1S/C23H24ClNO2.ClH/c1-2-26-22-14-8-12-20(16-25-15-19-11-6-7-13-21(19)24)23(22)27-17-18-9-4-3-5-10-18;/h3-14,25H,2,15-17H2,1H3;1H. The van der Waals surface area contributed by atoms with Gasteiger partial charge >= 0.3 is 0 Å². The molecule has 1 N–H and O–H groups in total. The molecular weight excluding hydrogens is 393 g/mol. The molecule has 0 heterocycles. The highest BCUT2D eigenvalue weighted by atomic mass is 35.5. The van der Waals surface area contributed by atoms with Crippen LogP contribution in [0.5, 0.6) is 11.5 Å². The maximum atomic E-state index is 6.24. The summed E-state index contributed by atoms with van der Waals surface area (Å²) in [6.07, 6.45) is 0. The molecule has 3 aromatic carbocycles. The van der Waals surface area contributed by atoms with E-state index >= 15 is 0 Å². The zero-order valence-corrected chi connectivity index (χ0v) is 17.4. The molecule has 3 rings (SSSR count). The Morgan fingerprint density at radius 3 is 2.21 bits per heavy atom. The van der Waals surface area contributed by atoms with Gasteiger partial charge in [0.25, 0.3) is 0 Å². The van der Waals surface area contributed by atoms with Gasteiger partial charge in [-0.25, -0.2) is 0 Å². The highest BCUT2D eigenvalue weighted by Crippen LogP contribution is 2.32. The van der Waals surface area contributed by atoms with E-state index in [0.717, 1.165) is 33.2 Å². The molecule has 0 unspecified atom stereocenters. The number of benzene rings is 3. The molecule has 5 heteroatoms. The van der Waals surface area contributed by atoms with Crippen LogP contribution >= 0.6 is 24.0 Å². The highest BCUT2D eigenvalue weighted by molar-refractivity contribution is 6.31. The van der Waals surface area contributed by atoms with Gasteiger partial charge in [0.2, 0.25) is 0 Å².